The van der Waals surface area contributed by atoms with Crippen molar-refractivity contribution in [1.82, 2.24) is 0 Å². The predicted molar refractivity (Wildman–Crippen MR) is 139 cm³/mol. The van der Waals surface area contributed by atoms with Gasteiger partial charge in [0, 0.05) is 16.1 Å². The second-order valence-electron chi connectivity index (χ2n) is 12.9. The van der Waals surface area contributed by atoms with Gasteiger partial charge in [0.1, 0.15) is 0 Å². The Bertz CT molecular complexity index is 446. The first kappa shape index (κ1) is 27.8. The van der Waals surface area contributed by atoms with Crippen LogP contribution in [0, 0.1) is 0 Å². The summed E-state index contributed by atoms with van der Waals surface area (Å²) in [6.07, 6.45) is 0. The zero-order valence-corrected chi connectivity index (χ0v) is 26.0. The van der Waals surface area contributed by atoms with Crippen molar-refractivity contribution in [3.05, 3.63) is 0 Å². The molecule has 0 heterocycles. The second-order valence-corrected chi connectivity index (χ2v) is 33.8. The lowest BCUT2D eigenvalue weighted by atomic mass is 10.1. The van der Waals surface area contributed by atoms with Gasteiger partial charge in [-0.15, -0.1) is 0 Å². The van der Waals surface area contributed by atoms with Gasteiger partial charge in [-0.25, -0.2) is 0 Å². The third kappa shape index (κ3) is 5.50. The molecule has 0 bridgehead atoms. The molecule has 0 rings (SSSR count). The molecule has 0 aromatic rings. The van der Waals surface area contributed by atoms with Crippen LogP contribution in [0.1, 0.15) is 55.4 Å². The molecular formula is C22H54OSi4. The molecule has 0 saturated carbocycles. The third-order valence-corrected chi connectivity index (χ3v) is 29.1. The van der Waals surface area contributed by atoms with Gasteiger partial charge in [0.15, 0.2) is 16.6 Å². The van der Waals surface area contributed by atoms with E-state index in [1.54, 1.807) is 0 Å². The van der Waals surface area contributed by atoms with Gasteiger partial charge >= 0.3 is 0 Å². The second kappa shape index (κ2) is 8.52. The van der Waals surface area contributed by atoms with Crippen LogP contribution in [-0.2, 0) is 4.12 Å². The van der Waals surface area contributed by atoms with Crippen LogP contribution in [0.25, 0.3) is 0 Å². The summed E-state index contributed by atoms with van der Waals surface area (Å²) in [5, 5.41) is 0.627. The Kier molecular flexibility index (Phi) is 8.78. The van der Waals surface area contributed by atoms with Crippen LogP contribution in [0.15, 0.2) is 0 Å². The van der Waals surface area contributed by atoms with E-state index in [1.165, 1.54) is 12.1 Å². The van der Waals surface area contributed by atoms with Crippen molar-refractivity contribution in [2.24, 2.45) is 0 Å². The van der Waals surface area contributed by atoms with E-state index in [0.29, 0.717) is 10.1 Å². The molecule has 0 radical (unpaired) electrons. The van der Waals surface area contributed by atoms with E-state index >= 15 is 0 Å². The largest absolute Gasteiger partial charge is 0.454 e. The Morgan fingerprint density at radius 2 is 0.815 bits per heavy atom. The zero-order chi connectivity index (χ0) is 22.3. The molecule has 0 aromatic heterocycles. The van der Waals surface area contributed by atoms with Gasteiger partial charge in [0.2, 0.25) is 0 Å². The Morgan fingerprint density at radius 1 is 0.593 bits per heavy atom. The average Bonchev–Trinajstić information content (AvgIpc) is 2.50. The fraction of sp³-hybridized carbons (Fsp3) is 1.00. The Balaban J connectivity index is 6.19. The lowest BCUT2D eigenvalue weighted by molar-refractivity contribution is 0.404. The number of hydrogen-bond acceptors (Lipinski definition) is 1. The van der Waals surface area contributed by atoms with Crippen LogP contribution in [0.2, 0.25) is 85.6 Å². The van der Waals surface area contributed by atoms with Crippen LogP contribution >= 0.6 is 0 Å². The fourth-order valence-electron chi connectivity index (χ4n) is 4.90. The molecule has 0 aliphatic rings. The molecule has 0 aromatic carbocycles. The molecule has 0 spiro atoms. The van der Waals surface area contributed by atoms with Crippen LogP contribution in [0.3, 0.4) is 0 Å². The van der Waals surface area contributed by atoms with Crippen molar-refractivity contribution in [2.45, 2.75) is 141 Å². The van der Waals surface area contributed by atoms with Crippen molar-refractivity contribution in [2.75, 3.05) is 0 Å². The summed E-state index contributed by atoms with van der Waals surface area (Å²) in [6, 6.07) is 2.46. The van der Waals surface area contributed by atoms with Gasteiger partial charge in [-0.1, -0.05) is 94.7 Å². The van der Waals surface area contributed by atoms with Gasteiger partial charge < -0.3 is 4.12 Å². The highest BCUT2D eigenvalue weighted by Gasteiger charge is 2.57. The SMILES string of the molecule is CC[Si](C)(O[Si](C)(CC)C(C)(C)C(C)[Si](C)(C)C)C(C)(C)C(C)[Si](C)(C)C. The van der Waals surface area contributed by atoms with E-state index in [0.717, 1.165) is 11.1 Å². The molecule has 27 heavy (non-hydrogen) atoms. The lowest BCUT2D eigenvalue weighted by Gasteiger charge is -2.57. The highest BCUT2D eigenvalue weighted by atomic mass is 28.4. The lowest BCUT2D eigenvalue weighted by Crippen LogP contribution is -2.61. The maximum atomic E-state index is 7.61. The number of hydrogen-bond donors (Lipinski definition) is 0. The first-order chi connectivity index (χ1) is 11.6. The Labute approximate surface area is 177 Å². The van der Waals surface area contributed by atoms with E-state index in [4.69, 9.17) is 4.12 Å². The van der Waals surface area contributed by atoms with Crippen molar-refractivity contribution >= 4 is 32.8 Å². The minimum atomic E-state index is -1.88. The number of rotatable bonds is 10. The van der Waals surface area contributed by atoms with Crippen LogP contribution in [0.4, 0.5) is 0 Å². The third-order valence-electron chi connectivity index (χ3n) is 9.29. The van der Waals surface area contributed by atoms with Crippen molar-refractivity contribution in [3.8, 4) is 0 Å². The van der Waals surface area contributed by atoms with E-state index in [-0.39, 0.29) is 0 Å². The monoisotopic (exact) mass is 446 g/mol. The molecule has 1 nitrogen and oxygen atoms in total. The quantitative estimate of drug-likeness (QED) is 0.304. The first-order valence-electron chi connectivity index (χ1n) is 11.3. The summed E-state index contributed by atoms with van der Waals surface area (Å²) in [7, 11) is -6.22. The maximum Gasteiger partial charge on any atom is 0.181 e. The fourth-order valence-corrected chi connectivity index (χ4v) is 24.5. The molecule has 4 unspecified atom stereocenters. The van der Waals surface area contributed by atoms with Gasteiger partial charge in [-0.3, -0.25) is 0 Å². The molecule has 5 heteroatoms. The molecule has 0 N–H and O–H groups in total. The van der Waals surface area contributed by atoms with Crippen LogP contribution < -0.4 is 0 Å². The molecule has 4 atom stereocenters. The highest BCUT2D eigenvalue weighted by molar-refractivity contribution is 6.91. The molecule has 0 aliphatic carbocycles. The summed E-state index contributed by atoms with van der Waals surface area (Å²) < 4.78 is 7.61. The molecule has 0 aliphatic heterocycles. The molecule has 0 fully saturated rings. The van der Waals surface area contributed by atoms with Gasteiger partial charge in [-0.2, -0.15) is 0 Å². The molecule has 0 amide bonds. The summed E-state index contributed by atoms with van der Waals surface area (Å²) >= 11 is 0. The standard InChI is InChI=1S/C22H54OSi4/c1-17-26(15,21(5,6)19(3)24(9,10)11)23-27(16,18-2)22(7,8)20(4)25(12,13)14/h19-20H,17-18H2,1-16H3. The summed E-state index contributed by atoms with van der Waals surface area (Å²) in [5.74, 6) is 0. The zero-order valence-electron chi connectivity index (χ0n) is 22.0. The maximum absolute atomic E-state index is 7.61. The Hall–Kier alpha value is 0.828. The first-order valence-corrected chi connectivity index (χ1v) is 23.7. The van der Waals surface area contributed by atoms with Gasteiger partial charge in [0.25, 0.3) is 0 Å². The van der Waals surface area contributed by atoms with E-state index in [1.807, 2.05) is 0 Å². The van der Waals surface area contributed by atoms with Crippen LogP contribution in [0.5, 0.6) is 0 Å². The normalized spacial score (nSPS) is 21.3. The van der Waals surface area contributed by atoms with E-state index in [2.05, 4.69) is 108 Å². The average molecular weight is 447 g/mol. The van der Waals surface area contributed by atoms with E-state index in [9.17, 15) is 0 Å². The van der Waals surface area contributed by atoms with Crippen molar-refractivity contribution < 1.29 is 4.12 Å². The predicted octanol–water partition coefficient (Wildman–Crippen LogP) is 9.21. The van der Waals surface area contributed by atoms with Gasteiger partial charge in [0.05, 0.1) is 0 Å². The molecule has 164 valence electrons. The van der Waals surface area contributed by atoms with Gasteiger partial charge in [-0.05, 0) is 46.3 Å². The highest BCUT2D eigenvalue weighted by Crippen LogP contribution is 2.59. The minimum Gasteiger partial charge on any atom is -0.454 e. The Morgan fingerprint density at radius 3 is 0.963 bits per heavy atom. The van der Waals surface area contributed by atoms with Crippen LogP contribution in [-0.4, -0.2) is 32.8 Å². The summed E-state index contributed by atoms with van der Waals surface area (Å²) in [4.78, 5) is 0. The minimum absolute atomic E-state index is 0.314. The summed E-state index contributed by atoms with van der Waals surface area (Å²) in [5.41, 5.74) is 1.54. The summed E-state index contributed by atoms with van der Waals surface area (Å²) in [6.45, 7) is 40.4. The van der Waals surface area contributed by atoms with Crippen molar-refractivity contribution in [3.63, 3.8) is 0 Å². The molecule has 0 saturated heterocycles. The molecular weight excluding hydrogens is 393 g/mol. The van der Waals surface area contributed by atoms with E-state index < -0.39 is 32.8 Å². The smallest absolute Gasteiger partial charge is 0.181 e. The topological polar surface area (TPSA) is 9.23 Å². The van der Waals surface area contributed by atoms with Crippen molar-refractivity contribution in [1.29, 1.82) is 0 Å².